The third kappa shape index (κ3) is 4.02. The van der Waals surface area contributed by atoms with Crippen molar-refractivity contribution in [2.75, 3.05) is 21.3 Å². The molecule has 0 saturated carbocycles. The average molecular weight is 377 g/mol. The minimum atomic E-state index is -0.972. The van der Waals surface area contributed by atoms with Crippen LogP contribution in [-0.4, -0.2) is 48.5 Å². The quantitative estimate of drug-likeness (QED) is 0.641. The number of phenolic OH excluding ortho intramolecular Hbond substituents is 1. The van der Waals surface area contributed by atoms with Crippen LogP contribution < -0.4 is 10.3 Å². The number of aromatic hydroxyl groups is 2. The van der Waals surface area contributed by atoms with Crippen molar-refractivity contribution in [1.29, 1.82) is 0 Å². The molecule has 0 aliphatic heterocycles. The molecule has 3 N–H and O–H groups in total. The number of methoxy groups -OCH3 is 3. The van der Waals surface area contributed by atoms with E-state index in [1.54, 1.807) is 0 Å². The van der Waals surface area contributed by atoms with Gasteiger partial charge in [-0.3, -0.25) is 9.59 Å². The van der Waals surface area contributed by atoms with E-state index >= 15 is 0 Å². The summed E-state index contributed by atoms with van der Waals surface area (Å²) in [6.07, 6.45) is 0.727. The van der Waals surface area contributed by atoms with Crippen molar-refractivity contribution in [1.82, 2.24) is 4.98 Å². The summed E-state index contributed by atoms with van der Waals surface area (Å²) in [6.45, 7) is 0. The Bertz CT molecular complexity index is 918. The number of ether oxygens (including phenoxy) is 3. The van der Waals surface area contributed by atoms with E-state index in [1.807, 2.05) is 0 Å². The molecule has 2 aromatic rings. The van der Waals surface area contributed by atoms with Crippen LogP contribution in [0.3, 0.4) is 0 Å². The molecule has 0 unspecified atom stereocenters. The molecule has 0 bridgehead atoms. The predicted octanol–water partition coefficient (Wildman–Crippen LogP) is 1.28. The van der Waals surface area contributed by atoms with Crippen LogP contribution in [0, 0.1) is 0 Å². The summed E-state index contributed by atoms with van der Waals surface area (Å²) < 4.78 is 14.3. The van der Waals surface area contributed by atoms with Gasteiger partial charge in [-0.25, -0.2) is 4.79 Å². The number of rotatable bonds is 6. The lowest BCUT2D eigenvalue weighted by Crippen LogP contribution is -2.22. The molecule has 0 radical (unpaired) electrons. The highest BCUT2D eigenvalue weighted by molar-refractivity contribution is 5.92. The number of carbonyl (C=O) groups excluding carboxylic acids is 2. The molecule has 144 valence electrons. The maximum absolute atomic E-state index is 12.4. The Hall–Kier alpha value is -3.49. The molecule has 1 aromatic heterocycles. The first-order valence-corrected chi connectivity index (χ1v) is 7.80. The van der Waals surface area contributed by atoms with Gasteiger partial charge in [0.15, 0.2) is 11.5 Å². The maximum atomic E-state index is 12.4. The molecule has 9 heteroatoms. The first-order chi connectivity index (χ1) is 12.8. The highest BCUT2D eigenvalue weighted by Gasteiger charge is 2.28. The minimum absolute atomic E-state index is 0.113. The molecular weight excluding hydrogens is 358 g/mol. The Balaban J connectivity index is 2.70. The van der Waals surface area contributed by atoms with Gasteiger partial charge >= 0.3 is 11.9 Å². The van der Waals surface area contributed by atoms with E-state index in [0.717, 1.165) is 13.3 Å². The largest absolute Gasteiger partial charge is 0.506 e. The number of aromatic amines is 1. The predicted molar refractivity (Wildman–Crippen MR) is 93.2 cm³/mol. The minimum Gasteiger partial charge on any atom is -0.506 e. The van der Waals surface area contributed by atoms with Crippen LogP contribution in [0.1, 0.15) is 33.8 Å². The summed E-state index contributed by atoms with van der Waals surface area (Å²) in [5.41, 5.74) is -0.775. The molecule has 1 aromatic carbocycles. The van der Waals surface area contributed by atoms with E-state index in [2.05, 4.69) is 14.5 Å². The zero-order chi connectivity index (χ0) is 20.1. The first kappa shape index (κ1) is 19.8. The molecular formula is C18H19NO8. The van der Waals surface area contributed by atoms with Crippen LogP contribution in [0.2, 0.25) is 0 Å². The van der Waals surface area contributed by atoms with Crippen LogP contribution in [0.5, 0.6) is 17.2 Å². The molecule has 0 aliphatic rings. The normalized spacial score (nSPS) is 11.5. The highest BCUT2D eigenvalue weighted by atomic mass is 16.5. The number of esters is 2. The van der Waals surface area contributed by atoms with Gasteiger partial charge in [-0.1, -0.05) is 6.07 Å². The number of hydrogen-bond donors (Lipinski definition) is 3. The van der Waals surface area contributed by atoms with E-state index < -0.39 is 29.2 Å². The van der Waals surface area contributed by atoms with E-state index in [4.69, 9.17) is 4.74 Å². The topological polar surface area (TPSA) is 135 Å². The number of nitrogens with one attached hydrogen (secondary N) is 1. The molecule has 1 atom stereocenters. The number of benzene rings is 1. The van der Waals surface area contributed by atoms with Gasteiger partial charge in [-0.15, -0.1) is 0 Å². The van der Waals surface area contributed by atoms with Gasteiger partial charge in [-0.2, -0.15) is 0 Å². The second-order valence-corrected chi connectivity index (χ2v) is 5.55. The van der Waals surface area contributed by atoms with E-state index in [0.29, 0.717) is 5.56 Å². The lowest BCUT2D eigenvalue weighted by atomic mass is 9.87. The van der Waals surface area contributed by atoms with Crippen LogP contribution in [0.4, 0.5) is 0 Å². The maximum Gasteiger partial charge on any atom is 0.343 e. The average Bonchev–Trinajstić information content (AvgIpc) is 2.66. The van der Waals surface area contributed by atoms with Crippen molar-refractivity contribution >= 4 is 11.9 Å². The van der Waals surface area contributed by atoms with Crippen molar-refractivity contribution in [3.63, 3.8) is 0 Å². The van der Waals surface area contributed by atoms with Crippen LogP contribution in [-0.2, 0) is 14.3 Å². The van der Waals surface area contributed by atoms with Gasteiger partial charge in [0, 0.05) is 12.1 Å². The van der Waals surface area contributed by atoms with Gasteiger partial charge in [0.2, 0.25) is 0 Å². The SMILES string of the molecule is COC(=O)C[C@@H](c1ccc(O)c(OC)c1)c1c(O)c(C(=O)OC)c[nH]c1=O. The Morgan fingerprint density at radius 3 is 2.44 bits per heavy atom. The van der Waals surface area contributed by atoms with Crippen molar-refractivity contribution in [3.05, 3.63) is 51.4 Å². The van der Waals surface area contributed by atoms with Crippen molar-refractivity contribution in [2.24, 2.45) is 0 Å². The number of aromatic nitrogens is 1. The zero-order valence-electron chi connectivity index (χ0n) is 14.9. The summed E-state index contributed by atoms with van der Waals surface area (Å²) in [4.78, 5) is 38.5. The molecule has 0 amide bonds. The van der Waals surface area contributed by atoms with Crippen LogP contribution in [0.25, 0.3) is 0 Å². The molecule has 27 heavy (non-hydrogen) atoms. The van der Waals surface area contributed by atoms with E-state index in [-0.39, 0.29) is 29.0 Å². The molecule has 1 heterocycles. The number of phenols is 1. The fraction of sp³-hybridized carbons (Fsp3) is 0.278. The molecule has 0 fully saturated rings. The third-order valence-electron chi connectivity index (χ3n) is 4.06. The number of carbonyl (C=O) groups is 2. The monoisotopic (exact) mass is 377 g/mol. The van der Waals surface area contributed by atoms with E-state index in [9.17, 15) is 24.6 Å². The fourth-order valence-electron chi connectivity index (χ4n) is 2.67. The van der Waals surface area contributed by atoms with Gasteiger partial charge in [0.05, 0.1) is 33.3 Å². The summed E-state index contributed by atoms with van der Waals surface area (Å²) in [6, 6.07) is 4.22. The van der Waals surface area contributed by atoms with Gasteiger partial charge in [0.1, 0.15) is 11.3 Å². The Kier molecular flexibility index (Phi) is 6.07. The first-order valence-electron chi connectivity index (χ1n) is 7.80. The third-order valence-corrected chi connectivity index (χ3v) is 4.06. The molecule has 2 rings (SSSR count). The lowest BCUT2D eigenvalue weighted by molar-refractivity contribution is -0.140. The number of hydrogen-bond acceptors (Lipinski definition) is 8. The summed E-state index contributed by atoms with van der Waals surface area (Å²) in [5.74, 6) is -3.10. The van der Waals surface area contributed by atoms with Gasteiger partial charge < -0.3 is 29.4 Å². The molecule has 0 spiro atoms. The molecule has 9 nitrogen and oxygen atoms in total. The molecule has 0 aliphatic carbocycles. The summed E-state index contributed by atoms with van der Waals surface area (Å²) in [7, 11) is 3.66. The lowest BCUT2D eigenvalue weighted by Gasteiger charge is -2.19. The fourth-order valence-corrected chi connectivity index (χ4v) is 2.67. The second-order valence-electron chi connectivity index (χ2n) is 5.55. The standard InChI is InChI=1S/C18H19NO8/c1-25-13-6-9(4-5-12(13)20)10(7-14(21)26-2)15-16(22)11(18(24)27-3)8-19-17(15)23/h4-6,8,10,20H,7H2,1-3H3,(H2,19,22,23)/t10-/m0/s1. The van der Waals surface area contributed by atoms with Crippen molar-refractivity contribution in [3.8, 4) is 17.2 Å². The van der Waals surface area contributed by atoms with Crippen molar-refractivity contribution in [2.45, 2.75) is 12.3 Å². The Morgan fingerprint density at radius 1 is 1.15 bits per heavy atom. The number of H-pyrrole nitrogens is 1. The molecule has 0 saturated heterocycles. The van der Waals surface area contributed by atoms with Gasteiger partial charge in [0.25, 0.3) is 5.56 Å². The highest BCUT2D eigenvalue weighted by Crippen LogP contribution is 2.37. The van der Waals surface area contributed by atoms with Gasteiger partial charge in [-0.05, 0) is 17.7 Å². The van der Waals surface area contributed by atoms with Crippen molar-refractivity contribution < 1.29 is 34.0 Å². The zero-order valence-corrected chi connectivity index (χ0v) is 14.9. The summed E-state index contributed by atoms with van der Waals surface area (Å²) in [5, 5.41) is 20.3. The smallest absolute Gasteiger partial charge is 0.343 e. The van der Waals surface area contributed by atoms with E-state index in [1.165, 1.54) is 32.4 Å². The van der Waals surface area contributed by atoms with Crippen LogP contribution >= 0.6 is 0 Å². The summed E-state index contributed by atoms with van der Waals surface area (Å²) >= 11 is 0. The van der Waals surface area contributed by atoms with Crippen LogP contribution in [0.15, 0.2) is 29.2 Å². The Labute approximate surface area is 154 Å². The second kappa shape index (κ2) is 8.26. The Morgan fingerprint density at radius 2 is 1.85 bits per heavy atom. The number of pyridine rings is 1.